The molecule has 1 aliphatic heterocycles. The third kappa shape index (κ3) is 3.10. The first-order valence-corrected chi connectivity index (χ1v) is 6.82. The molecule has 1 heterocycles. The maximum absolute atomic E-state index is 9.60. The van der Waals surface area contributed by atoms with Gasteiger partial charge >= 0.3 is 0 Å². The highest BCUT2D eigenvalue weighted by molar-refractivity contribution is 5.30. The van der Waals surface area contributed by atoms with Crippen molar-refractivity contribution in [3.05, 3.63) is 35.4 Å². The zero-order valence-corrected chi connectivity index (χ0v) is 11.4. The van der Waals surface area contributed by atoms with Crippen LogP contribution in [0.1, 0.15) is 31.4 Å². The van der Waals surface area contributed by atoms with E-state index in [0.29, 0.717) is 0 Å². The van der Waals surface area contributed by atoms with Gasteiger partial charge in [-0.05, 0) is 31.0 Å². The van der Waals surface area contributed by atoms with E-state index in [9.17, 15) is 5.11 Å². The molecular weight excluding hydrogens is 224 g/mol. The predicted octanol–water partition coefficient (Wildman–Crippen LogP) is 1.75. The Bertz CT molecular complexity index is 369. The molecule has 1 atom stereocenters. The highest BCUT2D eigenvalue weighted by Gasteiger charge is 2.28. The maximum atomic E-state index is 9.60. The summed E-state index contributed by atoms with van der Waals surface area (Å²) in [5.74, 6) is 0. The zero-order chi connectivity index (χ0) is 13.0. The second-order valence-corrected chi connectivity index (χ2v) is 5.56. The molecule has 0 saturated carbocycles. The van der Waals surface area contributed by atoms with Gasteiger partial charge in [0.2, 0.25) is 0 Å². The summed E-state index contributed by atoms with van der Waals surface area (Å²) in [6.07, 6.45) is 1.09. The lowest BCUT2D eigenvalue weighted by Gasteiger charge is -2.33. The van der Waals surface area contributed by atoms with Crippen LogP contribution in [0.2, 0.25) is 0 Å². The van der Waals surface area contributed by atoms with Crippen LogP contribution in [0.15, 0.2) is 24.3 Å². The van der Waals surface area contributed by atoms with Gasteiger partial charge in [-0.15, -0.1) is 0 Å². The molecule has 0 aliphatic carbocycles. The number of hydrogen-bond acceptors (Lipinski definition) is 3. The molecule has 1 aliphatic rings. The minimum absolute atomic E-state index is 0.180. The van der Waals surface area contributed by atoms with E-state index >= 15 is 0 Å². The lowest BCUT2D eigenvalue weighted by atomic mass is 10.0. The van der Waals surface area contributed by atoms with Gasteiger partial charge in [0.05, 0.1) is 12.1 Å². The lowest BCUT2D eigenvalue weighted by Crippen LogP contribution is -2.53. The average Bonchev–Trinajstić information content (AvgIpc) is 2.78. The van der Waals surface area contributed by atoms with Gasteiger partial charge in [-0.25, -0.2) is 0 Å². The molecule has 0 spiro atoms. The molecule has 18 heavy (non-hydrogen) atoms. The summed E-state index contributed by atoms with van der Waals surface area (Å²) in [4.78, 5) is 2.41. The van der Waals surface area contributed by atoms with Gasteiger partial charge in [0.15, 0.2) is 0 Å². The van der Waals surface area contributed by atoms with E-state index < -0.39 is 0 Å². The molecule has 0 fully saturated rings. The fraction of sp³-hybridized carbons (Fsp3) is 0.600. The number of fused-ring (bicyclic) bond motifs is 1. The van der Waals surface area contributed by atoms with E-state index in [4.69, 9.17) is 0 Å². The van der Waals surface area contributed by atoms with Crippen molar-refractivity contribution in [2.45, 2.75) is 38.9 Å². The van der Waals surface area contributed by atoms with Crippen LogP contribution in [0.4, 0.5) is 0 Å². The molecule has 3 heteroatoms. The van der Waals surface area contributed by atoms with E-state index in [1.165, 1.54) is 11.1 Å². The number of benzene rings is 1. The minimum atomic E-state index is -0.196. The third-order valence-corrected chi connectivity index (χ3v) is 3.63. The smallest absolute Gasteiger partial charge is 0.0623 e. The van der Waals surface area contributed by atoms with E-state index in [-0.39, 0.29) is 12.1 Å². The predicted molar refractivity (Wildman–Crippen MR) is 74.3 cm³/mol. The average molecular weight is 248 g/mol. The van der Waals surface area contributed by atoms with Gasteiger partial charge in [-0.3, -0.25) is 4.90 Å². The van der Waals surface area contributed by atoms with Crippen LogP contribution in [-0.2, 0) is 13.1 Å². The Balaban J connectivity index is 1.95. The summed E-state index contributed by atoms with van der Waals surface area (Å²) in [6.45, 7) is 8.27. The lowest BCUT2D eigenvalue weighted by molar-refractivity contribution is 0.119. The number of aliphatic hydroxyl groups is 1. The van der Waals surface area contributed by atoms with Crippen LogP contribution in [0, 0.1) is 0 Å². The molecule has 1 aromatic rings. The van der Waals surface area contributed by atoms with Crippen LogP contribution in [0.5, 0.6) is 0 Å². The Morgan fingerprint density at radius 3 is 2.39 bits per heavy atom. The highest BCUT2D eigenvalue weighted by Crippen LogP contribution is 2.23. The molecule has 2 rings (SSSR count). The molecule has 0 bridgehead atoms. The standard InChI is InChI=1S/C15H24N2O/c1-3-8-16-15(2,12-18)11-17-9-13-6-4-5-7-14(13)10-17/h4-7,16,18H,3,8-12H2,1-2H3. The van der Waals surface area contributed by atoms with Crippen LogP contribution < -0.4 is 5.32 Å². The second-order valence-electron chi connectivity index (χ2n) is 5.56. The molecule has 2 N–H and O–H groups in total. The number of nitrogens with zero attached hydrogens (tertiary/aromatic N) is 1. The van der Waals surface area contributed by atoms with Gasteiger partial charge in [-0.1, -0.05) is 31.2 Å². The van der Waals surface area contributed by atoms with E-state index in [1.807, 2.05) is 0 Å². The van der Waals surface area contributed by atoms with Crippen molar-refractivity contribution in [2.75, 3.05) is 19.7 Å². The number of rotatable bonds is 6. The van der Waals surface area contributed by atoms with Crippen LogP contribution >= 0.6 is 0 Å². The van der Waals surface area contributed by atoms with E-state index in [1.54, 1.807) is 0 Å². The van der Waals surface area contributed by atoms with Crippen molar-refractivity contribution in [2.24, 2.45) is 0 Å². The van der Waals surface area contributed by atoms with Crippen molar-refractivity contribution in [1.82, 2.24) is 10.2 Å². The van der Waals surface area contributed by atoms with Gasteiger partial charge in [0.1, 0.15) is 0 Å². The Hall–Kier alpha value is -0.900. The maximum Gasteiger partial charge on any atom is 0.0623 e. The number of nitrogens with one attached hydrogen (secondary N) is 1. The molecule has 0 aromatic heterocycles. The van der Waals surface area contributed by atoms with Gasteiger partial charge in [-0.2, -0.15) is 0 Å². The SMILES string of the molecule is CCCNC(C)(CO)CN1Cc2ccccc2C1. The minimum Gasteiger partial charge on any atom is -0.394 e. The van der Waals surface area contributed by atoms with Crippen LogP contribution in [-0.4, -0.2) is 35.2 Å². The molecule has 100 valence electrons. The van der Waals surface area contributed by atoms with Gasteiger partial charge < -0.3 is 10.4 Å². The monoisotopic (exact) mass is 248 g/mol. The summed E-state index contributed by atoms with van der Waals surface area (Å²) in [5.41, 5.74) is 2.65. The largest absolute Gasteiger partial charge is 0.394 e. The van der Waals surface area contributed by atoms with E-state index in [2.05, 4.69) is 48.3 Å². The Kier molecular flexibility index (Phi) is 4.38. The summed E-state index contributed by atoms with van der Waals surface area (Å²) in [7, 11) is 0. The van der Waals surface area contributed by atoms with Crippen molar-refractivity contribution in [1.29, 1.82) is 0 Å². The van der Waals surface area contributed by atoms with Crippen molar-refractivity contribution in [3.63, 3.8) is 0 Å². The van der Waals surface area contributed by atoms with E-state index in [0.717, 1.165) is 32.6 Å². The fourth-order valence-corrected chi connectivity index (χ4v) is 2.60. The summed E-state index contributed by atoms with van der Waals surface area (Å²) < 4.78 is 0. The van der Waals surface area contributed by atoms with Gasteiger partial charge in [0.25, 0.3) is 0 Å². The molecule has 0 amide bonds. The topological polar surface area (TPSA) is 35.5 Å². The van der Waals surface area contributed by atoms with Crippen molar-refractivity contribution in [3.8, 4) is 0 Å². The molecule has 0 radical (unpaired) electrons. The molecule has 1 unspecified atom stereocenters. The number of hydrogen-bond donors (Lipinski definition) is 2. The second kappa shape index (κ2) is 5.83. The van der Waals surface area contributed by atoms with Crippen molar-refractivity contribution >= 4 is 0 Å². The summed E-state index contributed by atoms with van der Waals surface area (Å²) in [5, 5.41) is 13.1. The normalized spacial score (nSPS) is 18.6. The fourth-order valence-electron chi connectivity index (χ4n) is 2.60. The first-order valence-electron chi connectivity index (χ1n) is 6.82. The quantitative estimate of drug-likeness (QED) is 0.805. The Morgan fingerprint density at radius 2 is 1.89 bits per heavy atom. The highest BCUT2D eigenvalue weighted by atomic mass is 16.3. The molecule has 3 nitrogen and oxygen atoms in total. The van der Waals surface area contributed by atoms with Gasteiger partial charge in [0, 0.05) is 19.6 Å². The molecule has 0 saturated heterocycles. The summed E-state index contributed by atoms with van der Waals surface area (Å²) >= 11 is 0. The zero-order valence-electron chi connectivity index (χ0n) is 11.4. The number of aliphatic hydroxyl groups excluding tert-OH is 1. The molecule has 1 aromatic carbocycles. The van der Waals surface area contributed by atoms with Crippen molar-refractivity contribution < 1.29 is 5.11 Å². The summed E-state index contributed by atoms with van der Waals surface area (Å²) in [6, 6.07) is 8.60. The first kappa shape index (κ1) is 13.5. The Labute approximate surface area is 110 Å². The Morgan fingerprint density at radius 1 is 1.28 bits per heavy atom. The molecular formula is C15H24N2O. The van der Waals surface area contributed by atoms with Crippen LogP contribution in [0.3, 0.4) is 0 Å². The third-order valence-electron chi connectivity index (χ3n) is 3.63. The van der Waals surface area contributed by atoms with Crippen LogP contribution in [0.25, 0.3) is 0 Å². The first-order chi connectivity index (χ1) is 8.67.